The molecule has 0 saturated heterocycles. The normalized spacial score (nSPS) is 44.1. The molecule has 37 heavy (non-hydrogen) atoms. The van der Waals surface area contributed by atoms with Crippen LogP contribution in [0.2, 0.25) is 0 Å². The summed E-state index contributed by atoms with van der Waals surface area (Å²) in [6, 6.07) is -0.119. The van der Waals surface area contributed by atoms with E-state index in [2.05, 4.69) is 20.8 Å². The van der Waals surface area contributed by atoms with E-state index in [9.17, 15) is 24.9 Å². The van der Waals surface area contributed by atoms with Gasteiger partial charge in [0.05, 0.1) is 24.4 Å². The quantitative estimate of drug-likeness (QED) is 0.443. The molecule has 8 nitrogen and oxygen atoms in total. The molecule has 9 atom stereocenters. The number of ether oxygens (including phenoxy) is 2. The highest BCUT2D eigenvalue weighted by Gasteiger charge is 2.67. The third-order valence-electron chi connectivity index (χ3n) is 11.3. The van der Waals surface area contributed by atoms with Gasteiger partial charge >= 0.3 is 0 Å². The number of nitrogens with zero attached hydrogens (tertiary/aromatic N) is 1. The van der Waals surface area contributed by atoms with E-state index in [1.54, 1.807) is 20.3 Å². The van der Waals surface area contributed by atoms with Gasteiger partial charge in [0, 0.05) is 37.5 Å². The minimum atomic E-state index is -1.14. The molecular weight excluding hydrogens is 474 g/mol. The molecule has 0 aromatic carbocycles. The molecule has 1 amide bonds. The smallest absolute Gasteiger partial charge is 0.226 e. The van der Waals surface area contributed by atoms with Crippen LogP contribution in [-0.4, -0.2) is 82.8 Å². The molecular formula is C29H45NO7. The molecule has 4 saturated carbocycles. The van der Waals surface area contributed by atoms with E-state index in [1.165, 1.54) is 0 Å². The van der Waals surface area contributed by atoms with Crippen molar-refractivity contribution in [2.24, 2.45) is 34.5 Å². The summed E-state index contributed by atoms with van der Waals surface area (Å²) < 4.78 is 10.9. The van der Waals surface area contributed by atoms with Crippen LogP contribution < -0.4 is 0 Å². The molecule has 0 spiro atoms. The predicted octanol–water partition coefficient (Wildman–Crippen LogP) is 2.44. The zero-order valence-electron chi connectivity index (χ0n) is 23.0. The van der Waals surface area contributed by atoms with Crippen molar-refractivity contribution in [1.82, 2.24) is 4.90 Å². The number of aliphatic hydroxyl groups excluding tert-OH is 2. The van der Waals surface area contributed by atoms with E-state index in [4.69, 9.17) is 9.47 Å². The summed E-state index contributed by atoms with van der Waals surface area (Å²) in [5.74, 6) is -0.144. The summed E-state index contributed by atoms with van der Waals surface area (Å²) >= 11 is 0. The number of rotatable bonds is 7. The number of ketones is 1. The molecule has 0 heterocycles. The van der Waals surface area contributed by atoms with Crippen molar-refractivity contribution in [3.05, 3.63) is 11.6 Å². The van der Waals surface area contributed by atoms with Gasteiger partial charge in [-0.05, 0) is 87.2 Å². The van der Waals surface area contributed by atoms with Crippen LogP contribution in [0.15, 0.2) is 11.6 Å². The molecule has 6 unspecified atom stereocenters. The molecule has 5 aliphatic carbocycles. The maximum Gasteiger partial charge on any atom is 0.226 e. The number of hydrogen-bond acceptors (Lipinski definition) is 7. The fraction of sp³-hybridized carbons (Fsp3) is 0.862. The van der Waals surface area contributed by atoms with Gasteiger partial charge in [0.15, 0.2) is 12.1 Å². The highest BCUT2D eigenvalue weighted by Crippen LogP contribution is 2.67. The van der Waals surface area contributed by atoms with Crippen molar-refractivity contribution in [2.45, 2.75) is 102 Å². The number of methoxy groups -OCH3 is 2. The van der Waals surface area contributed by atoms with Crippen LogP contribution in [0.5, 0.6) is 0 Å². The second-order valence-electron chi connectivity index (χ2n) is 13.1. The average Bonchev–Trinajstić information content (AvgIpc) is 3.66. The second kappa shape index (κ2) is 9.40. The van der Waals surface area contributed by atoms with E-state index in [1.807, 2.05) is 4.90 Å². The summed E-state index contributed by atoms with van der Waals surface area (Å²) in [5.41, 5.74) is -1.31. The predicted molar refractivity (Wildman–Crippen MR) is 136 cm³/mol. The van der Waals surface area contributed by atoms with Gasteiger partial charge in [-0.25, -0.2) is 0 Å². The molecule has 208 valence electrons. The van der Waals surface area contributed by atoms with Crippen molar-refractivity contribution >= 4 is 11.7 Å². The van der Waals surface area contributed by atoms with Crippen molar-refractivity contribution in [3.8, 4) is 0 Å². The molecule has 8 heteroatoms. The lowest BCUT2D eigenvalue weighted by Gasteiger charge is -2.60. The summed E-state index contributed by atoms with van der Waals surface area (Å²) in [7, 11) is 3.16. The maximum atomic E-state index is 13.4. The Morgan fingerprint density at radius 1 is 1.08 bits per heavy atom. The third-order valence-corrected chi connectivity index (χ3v) is 11.3. The molecule has 0 aromatic heterocycles. The van der Waals surface area contributed by atoms with Gasteiger partial charge in [0.2, 0.25) is 5.91 Å². The number of carbonyl (C=O) groups excluding carboxylic acids is 2. The molecule has 5 rings (SSSR count). The van der Waals surface area contributed by atoms with Crippen LogP contribution >= 0.6 is 0 Å². The van der Waals surface area contributed by atoms with E-state index < -0.39 is 34.9 Å². The molecule has 0 bridgehead atoms. The number of fused-ring (bicyclic) bond motifs is 5. The highest BCUT2D eigenvalue weighted by molar-refractivity contribution is 5.95. The lowest BCUT2D eigenvalue weighted by atomic mass is 9.46. The van der Waals surface area contributed by atoms with Gasteiger partial charge in [-0.15, -0.1) is 0 Å². The van der Waals surface area contributed by atoms with Crippen LogP contribution in [-0.2, 0) is 19.1 Å². The van der Waals surface area contributed by atoms with Crippen molar-refractivity contribution in [2.75, 3.05) is 20.8 Å². The summed E-state index contributed by atoms with van der Waals surface area (Å²) in [4.78, 5) is 28.7. The first-order valence-electron chi connectivity index (χ1n) is 14.1. The van der Waals surface area contributed by atoms with Crippen LogP contribution in [0.4, 0.5) is 0 Å². The Kier molecular flexibility index (Phi) is 6.93. The fourth-order valence-electron chi connectivity index (χ4n) is 8.83. The van der Waals surface area contributed by atoms with Crippen LogP contribution in [0.1, 0.15) is 72.1 Å². The van der Waals surface area contributed by atoms with E-state index >= 15 is 0 Å². The van der Waals surface area contributed by atoms with Crippen molar-refractivity contribution < 1.29 is 34.4 Å². The van der Waals surface area contributed by atoms with Gasteiger partial charge in [-0.3, -0.25) is 9.59 Å². The zero-order valence-corrected chi connectivity index (χ0v) is 23.0. The topological polar surface area (TPSA) is 117 Å². The number of allylic oxidation sites excluding steroid dienone is 1. The van der Waals surface area contributed by atoms with E-state index in [0.29, 0.717) is 19.4 Å². The Morgan fingerprint density at radius 3 is 2.38 bits per heavy atom. The van der Waals surface area contributed by atoms with E-state index in [-0.39, 0.29) is 47.8 Å². The number of aliphatic hydroxyl groups is 3. The first-order valence-corrected chi connectivity index (χ1v) is 14.1. The lowest BCUT2D eigenvalue weighted by Crippen LogP contribution is -2.62. The van der Waals surface area contributed by atoms with Crippen molar-refractivity contribution in [3.63, 3.8) is 0 Å². The first kappa shape index (κ1) is 27.3. The van der Waals surface area contributed by atoms with Crippen LogP contribution in [0.25, 0.3) is 0 Å². The minimum Gasteiger partial charge on any atom is -0.390 e. The molecule has 0 radical (unpaired) electrons. The molecule has 3 N–H and O–H groups in total. The first-order chi connectivity index (χ1) is 17.4. The Hall–Kier alpha value is -1.32. The molecule has 4 fully saturated rings. The van der Waals surface area contributed by atoms with Gasteiger partial charge < -0.3 is 29.7 Å². The molecule has 5 aliphatic rings. The Bertz CT molecular complexity index is 960. The summed E-state index contributed by atoms with van der Waals surface area (Å²) in [5, 5.41) is 33.3. The number of carbonyl (C=O) groups is 2. The Labute approximate surface area is 220 Å². The van der Waals surface area contributed by atoms with Gasteiger partial charge in [0.1, 0.15) is 0 Å². The maximum absolute atomic E-state index is 13.4. The van der Waals surface area contributed by atoms with Gasteiger partial charge in [-0.2, -0.15) is 0 Å². The highest BCUT2D eigenvalue weighted by atomic mass is 16.7. The second-order valence-corrected chi connectivity index (χ2v) is 13.1. The minimum absolute atomic E-state index is 0.0138. The van der Waals surface area contributed by atoms with Gasteiger partial charge in [-0.1, -0.05) is 13.8 Å². The zero-order chi connectivity index (χ0) is 26.9. The van der Waals surface area contributed by atoms with Crippen molar-refractivity contribution in [1.29, 1.82) is 0 Å². The average molecular weight is 520 g/mol. The third kappa shape index (κ3) is 4.05. The summed E-state index contributed by atoms with van der Waals surface area (Å²) in [6.07, 6.45) is 4.77. The summed E-state index contributed by atoms with van der Waals surface area (Å²) in [6.45, 7) is 6.64. The lowest BCUT2D eigenvalue weighted by molar-refractivity contribution is -0.161. The molecule has 0 aliphatic heterocycles. The SMILES string of the molecule is COC(CN(C(=O)C1CC1)C(C)C1CC[C@@]2(O)C3=CC(=O)C4CC(O)[C@@H](O)CC4(C)C3CC[C@]12C)OC. The Morgan fingerprint density at radius 2 is 1.76 bits per heavy atom. The van der Waals surface area contributed by atoms with E-state index in [0.717, 1.165) is 37.7 Å². The fourth-order valence-corrected chi connectivity index (χ4v) is 8.83. The largest absolute Gasteiger partial charge is 0.390 e. The van der Waals surface area contributed by atoms with Crippen LogP contribution in [0, 0.1) is 34.5 Å². The van der Waals surface area contributed by atoms with Gasteiger partial charge in [0.25, 0.3) is 0 Å². The number of hydrogen-bond donors (Lipinski definition) is 3. The molecule has 0 aromatic rings. The Balaban J connectivity index is 1.46. The van der Waals surface area contributed by atoms with Crippen LogP contribution in [0.3, 0.4) is 0 Å². The monoisotopic (exact) mass is 519 g/mol. The number of amides is 1. The standard InChI is InChI=1S/C29H45NO7/c1-16(30(15-25(36-4)37-5)26(34)17-6-7-17)18-9-11-29(35)20-12-22(31)21-13-23(32)24(33)14-27(21,2)19(20)8-10-28(18,29)3/h12,16-19,21,23-25,32-33,35H,6-11,13-15H2,1-5H3/t16?,18?,19?,21?,23?,24-,27?,28+,29+/m0/s1.